The largest absolute Gasteiger partial charge is 0.478 e. The van der Waals surface area contributed by atoms with Crippen LogP contribution < -0.4 is 5.32 Å². The molecular formula is C19H18N2O3S2. The van der Waals surface area contributed by atoms with E-state index >= 15 is 0 Å². The van der Waals surface area contributed by atoms with Crippen molar-refractivity contribution in [3.8, 4) is 0 Å². The maximum atomic E-state index is 11.8. The minimum atomic E-state index is -1.04. The van der Waals surface area contributed by atoms with Crippen LogP contribution in [-0.2, 0) is 5.75 Å². The van der Waals surface area contributed by atoms with Crippen LogP contribution in [0.1, 0.15) is 15.9 Å². The maximum absolute atomic E-state index is 11.8. The van der Waals surface area contributed by atoms with Gasteiger partial charge in [-0.2, -0.15) is 0 Å². The van der Waals surface area contributed by atoms with Crippen molar-refractivity contribution in [3.05, 3.63) is 59.0 Å². The van der Waals surface area contributed by atoms with Crippen molar-refractivity contribution in [1.29, 1.82) is 0 Å². The molecule has 0 saturated heterocycles. The van der Waals surface area contributed by atoms with Gasteiger partial charge in [0.1, 0.15) is 10.6 Å². The molecule has 0 radical (unpaired) electrons. The summed E-state index contributed by atoms with van der Waals surface area (Å²) in [6, 6.07) is 14.0. The van der Waals surface area contributed by atoms with Gasteiger partial charge in [0.05, 0.1) is 0 Å². The van der Waals surface area contributed by atoms with Gasteiger partial charge in [-0.3, -0.25) is 5.32 Å². The number of benzene rings is 2. The lowest BCUT2D eigenvalue weighted by atomic mass is 10.1. The van der Waals surface area contributed by atoms with Crippen LogP contribution in [0.2, 0.25) is 0 Å². The Kier molecular flexibility index (Phi) is 5.49. The molecule has 2 aromatic carbocycles. The highest BCUT2D eigenvalue weighted by Gasteiger charge is 2.21. The predicted octanol–water partition coefficient (Wildman–Crippen LogP) is 4.99. The first-order valence-electron chi connectivity index (χ1n) is 7.89. The van der Waals surface area contributed by atoms with Gasteiger partial charge in [-0.05, 0) is 16.3 Å². The number of amides is 2. The van der Waals surface area contributed by atoms with Crippen molar-refractivity contribution in [1.82, 2.24) is 4.90 Å². The number of carboxylic acid groups (broad SMARTS) is 1. The highest BCUT2D eigenvalue weighted by molar-refractivity contribution is 7.98. The van der Waals surface area contributed by atoms with Crippen LogP contribution in [0.15, 0.2) is 52.7 Å². The third-order valence-electron chi connectivity index (χ3n) is 3.81. The summed E-state index contributed by atoms with van der Waals surface area (Å²) in [6.45, 7) is 0. The van der Waals surface area contributed by atoms with Gasteiger partial charge >= 0.3 is 12.0 Å². The Balaban J connectivity index is 1.79. The van der Waals surface area contributed by atoms with Crippen molar-refractivity contribution in [3.63, 3.8) is 0 Å². The topological polar surface area (TPSA) is 69.6 Å². The zero-order chi connectivity index (χ0) is 18.7. The summed E-state index contributed by atoms with van der Waals surface area (Å²) in [5.41, 5.74) is 1.27. The number of hydrogen-bond donors (Lipinski definition) is 2. The second-order valence-corrected chi connectivity index (χ2v) is 7.80. The molecule has 0 fully saturated rings. The van der Waals surface area contributed by atoms with Crippen LogP contribution >= 0.6 is 23.1 Å². The van der Waals surface area contributed by atoms with E-state index in [0.29, 0.717) is 15.6 Å². The highest BCUT2D eigenvalue weighted by Crippen LogP contribution is 2.37. The van der Waals surface area contributed by atoms with Crippen molar-refractivity contribution in [2.24, 2.45) is 0 Å². The van der Waals surface area contributed by atoms with E-state index in [2.05, 4.69) is 35.6 Å². The quantitative estimate of drug-likeness (QED) is 0.607. The van der Waals surface area contributed by atoms with Crippen molar-refractivity contribution >= 4 is 50.9 Å². The molecule has 0 spiro atoms. The summed E-state index contributed by atoms with van der Waals surface area (Å²) in [7, 11) is 3.22. The Morgan fingerprint density at radius 1 is 1.15 bits per heavy atom. The number of thiophene rings is 1. The van der Waals surface area contributed by atoms with E-state index in [1.807, 2.05) is 12.1 Å². The number of carboxylic acids is 1. The van der Waals surface area contributed by atoms with E-state index < -0.39 is 5.97 Å². The first kappa shape index (κ1) is 18.3. The summed E-state index contributed by atoms with van der Waals surface area (Å²) in [5.74, 6) is -0.385. The van der Waals surface area contributed by atoms with Gasteiger partial charge in [-0.1, -0.05) is 42.5 Å². The van der Waals surface area contributed by atoms with Crippen molar-refractivity contribution in [2.75, 3.05) is 19.4 Å². The normalized spacial score (nSPS) is 10.7. The number of nitrogens with zero attached hydrogens (tertiary/aromatic N) is 1. The lowest BCUT2D eigenvalue weighted by Crippen LogP contribution is -2.27. The van der Waals surface area contributed by atoms with Gasteiger partial charge < -0.3 is 10.0 Å². The number of thioether (sulfide) groups is 1. The number of fused-ring (bicyclic) bond motifs is 1. The fraction of sp³-hybridized carbons (Fsp3) is 0.158. The number of carbonyl (C=O) groups excluding carboxylic acids is 1. The summed E-state index contributed by atoms with van der Waals surface area (Å²) >= 11 is 2.69. The van der Waals surface area contributed by atoms with E-state index in [-0.39, 0.29) is 11.6 Å². The van der Waals surface area contributed by atoms with Crippen LogP contribution in [0, 0.1) is 0 Å². The molecule has 7 heteroatoms. The Bertz CT molecular complexity index is 966. The Hall–Kier alpha value is -2.51. The molecule has 134 valence electrons. The van der Waals surface area contributed by atoms with Gasteiger partial charge in [-0.15, -0.1) is 23.1 Å². The van der Waals surface area contributed by atoms with Gasteiger partial charge in [0.2, 0.25) is 0 Å². The molecule has 3 rings (SSSR count). The number of nitrogens with one attached hydrogen (secondary N) is 1. The second kappa shape index (κ2) is 7.80. The first-order valence-corrected chi connectivity index (χ1v) is 9.76. The molecule has 3 aromatic rings. The summed E-state index contributed by atoms with van der Waals surface area (Å²) < 4.78 is 0. The van der Waals surface area contributed by atoms with Crippen LogP contribution in [0.5, 0.6) is 0 Å². The van der Waals surface area contributed by atoms with Crippen molar-refractivity contribution < 1.29 is 14.7 Å². The molecule has 0 saturated carbocycles. The standard InChI is InChI=1S/C19H18N2O3S2/c1-21(2)19(24)20-17-16(18(22)23)15(11-26-17)25-10-12-7-8-13-5-3-4-6-14(13)9-12/h3-9,11H,10H2,1-2H3,(H,20,24)(H,22,23). The van der Waals surface area contributed by atoms with Crippen LogP contribution in [0.3, 0.4) is 0 Å². The Morgan fingerprint density at radius 3 is 2.58 bits per heavy atom. The molecule has 2 N–H and O–H groups in total. The van der Waals surface area contributed by atoms with E-state index in [4.69, 9.17) is 0 Å². The third-order valence-corrected chi connectivity index (χ3v) is 5.96. The maximum Gasteiger partial charge on any atom is 0.339 e. The predicted molar refractivity (Wildman–Crippen MR) is 107 cm³/mol. The number of urea groups is 1. The van der Waals surface area contributed by atoms with E-state index in [9.17, 15) is 14.7 Å². The summed E-state index contributed by atoms with van der Waals surface area (Å²) in [4.78, 5) is 25.5. The molecule has 0 aliphatic heterocycles. The molecule has 0 atom stereocenters. The van der Waals surface area contributed by atoms with Crippen LogP contribution in [-0.4, -0.2) is 36.1 Å². The third kappa shape index (κ3) is 4.00. The molecule has 26 heavy (non-hydrogen) atoms. The number of hydrogen-bond acceptors (Lipinski definition) is 4. The minimum absolute atomic E-state index is 0.149. The smallest absolute Gasteiger partial charge is 0.339 e. The minimum Gasteiger partial charge on any atom is -0.478 e. The zero-order valence-corrected chi connectivity index (χ0v) is 16.0. The molecule has 1 heterocycles. The average molecular weight is 386 g/mol. The molecule has 0 aliphatic rings. The second-order valence-electron chi connectivity index (χ2n) is 5.90. The lowest BCUT2D eigenvalue weighted by Gasteiger charge is -2.11. The Labute approximate surface area is 159 Å². The van der Waals surface area contributed by atoms with Gasteiger partial charge in [0.15, 0.2) is 0 Å². The highest BCUT2D eigenvalue weighted by atomic mass is 32.2. The van der Waals surface area contributed by atoms with Gasteiger partial charge in [-0.25, -0.2) is 9.59 Å². The summed E-state index contributed by atoms with van der Waals surface area (Å²) in [5, 5.41) is 16.7. The fourth-order valence-electron chi connectivity index (χ4n) is 2.44. The number of carbonyl (C=O) groups is 2. The van der Waals surface area contributed by atoms with E-state index in [0.717, 1.165) is 10.9 Å². The SMILES string of the molecule is CN(C)C(=O)Nc1scc(SCc2ccc3ccccc3c2)c1C(=O)O. The monoisotopic (exact) mass is 386 g/mol. The fourth-order valence-corrected chi connectivity index (χ4v) is 4.56. The molecule has 2 amide bonds. The van der Waals surface area contributed by atoms with Gasteiger partial charge in [0, 0.05) is 30.1 Å². The Morgan fingerprint density at radius 2 is 1.88 bits per heavy atom. The molecule has 5 nitrogen and oxygen atoms in total. The number of aromatic carboxylic acids is 1. The number of anilines is 1. The van der Waals surface area contributed by atoms with Crippen LogP contribution in [0.25, 0.3) is 10.8 Å². The van der Waals surface area contributed by atoms with Crippen LogP contribution in [0.4, 0.5) is 9.80 Å². The van der Waals surface area contributed by atoms with E-state index in [1.165, 1.54) is 33.4 Å². The average Bonchev–Trinajstić information content (AvgIpc) is 3.02. The molecule has 1 aromatic heterocycles. The molecule has 0 bridgehead atoms. The lowest BCUT2D eigenvalue weighted by molar-refractivity contribution is 0.0695. The van der Waals surface area contributed by atoms with E-state index in [1.54, 1.807) is 19.5 Å². The molecule has 0 unspecified atom stereocenters. The molecular weight excluding hydrogens is 368 g/mol. The zero-order valence-electron chi connectivity index (χ0n) is 14.4. The number of rotatable bonds is 5. The van der Waals surface area contributed by atoms with Crippen molar-refractivity contribution in [2.45, 2.75) is 10.6 Å². The summed E-state index contributed by atoms with van der Waals surface area (Å²) in [6.07, 6.45) is 0. The first-order chi connectivity index (χ1) is 12.5. The van der Waals surface area contributed by atoms with Gasteiger partial charge in [0.25, 0.3) is 0 Å². The molecule has 0 aliphatic carbocycles.